The van der Waals surface area contributed by atoms with E-state index in [1.165, 1.54) is 29.8 Å². The van der Waals surface area contributed by atoms with Crippen molar-refractivity contribution >= 4 is 16.2 Å². The lowest BCUT2D eigenvalue weighted by Crippen LogP contribution is -2.27. The standard InChI is InChI=1S/C11H15N3S/c1-8-13-10(9-4-2-3-5-12-9)11-14(8)6-7-15-11/h6-7,9,12H,2-5H2,1H3/t9-/m1/s1. The van der Waals surface area contributed by atoms with Gasteiger partial charge in [0.15, 0.2) is 0 Å². The van der Waals surface area contributed by atoms with Crippen molar-refractivity contribution in [3.05, 3.63) is 23.1 Å². The Labute approximate surface area is 93.1 Å². The van der Waals surface area contributed by atoms with E-state index in [1.807, 2.05) is 0 Å². The van der Waals surface area contributed by atoms with E-state index in [0.717, 1.165) is 12.4 Å². The fourth-order valence-electron chi connectivity index (χ4n) is 2.31. The predicted molar refractivity (Wildman–Crippen MR) is 62.4 cm³/mol. The first-order valence-corrected chi connectivity index (χ1v) is 6.39. The molecule has 1 aliphatic heterocycles. The molecule has 0 spiro atoms. The van der Waals surface area contributed by atoms with Gasteiger partial charge >= 0.3 is 0 Å². The summed E-state index contributed by atoms with van der Waals surface area (Å²) in [5.41, 5.74) is 1.25. The van der Waals surface area contributed by atoms with Gasteiger partial charge in [-0.15, -0.1) is 11.3 Å². The van der Waals surface area contributed by atoms with E-state index >= 15 is 0 Å². The number of nitrogens with one attached hydrogen (secondary N) is 1. The zero-order valence-electron chi connectivity index (χ0n) is 8.86. The molecule has 0 aliphatic carbocycles. The fraction of sp³-hybridized carbons (Fsp3) is 0.545. The lowest BCUT2D eigenvalue weighted by Gasteiger charge is -2.21. The van der Waals surface area contributed by atoms with Gasteiger partial charge in [0.25, 0.3) is 0 Å². The van der Waals surface area contributed by atoms with Crippen molar-refractivity contribution < 1.29 is 0 Å². The Kier molecular flexibility index (Phi) is 2.25. The van der Waals surface area contributed by atoms with Crippen LogP contribution >= 0.6 is 11.3 Å². The van der Waals surface area contributed by atoms with Crippen LogP contribution in [-0.2, 0) is 0 Å². The summed E-state index contributed by atoms with van der Waals surface area (Å²) in [6.45, 7) is 3.21. The van der Waals surface area contributed by atoms with Gasteiger partial charge in [-0.25, -0.2) is 4.98 Å². The maximum atomic E-state index is 4.68. The number of fused-ring (bicyclic) bond motifs is 1. The van der Waals surface area contributed by atoms with Crippen LogP contribution in [-0.4, -0.2) is 15.9 Å². The Hall–Kier alpha value is -0.870. The van der Waals surface area contributed by atoms with Gasteiger partial charge in [0.05, 0.1) is 11.7 Å². The number of rotatable bonds is 1. The Morgan fingerprint density at radius 2 is 2.47 bits per heavy atom. The summed E-state index contributed by atoms with van der Waals surface area (Å²) in [5, 5.41) is 5.70. The molecule has 1 fully saturated rings. The number of hydrogen-bond acceptors (Lipinski definition) is 3. The SMILES string of the molecule is Cc1nc([C@H]2CCCCN2)c2sccn12. The summed E-state index contributed by atoms with van der Waals surface area (Å²) < 4.78 is 2.19. The van der Waals surface area contributed by atoms with E-state index in [-0.39, 0.29) is 0 Å². The normalized spacial score (nSPS) is 22.3. The van der Waals surface area contributed by atoms with E-state index in [4.69, 9.17) is 0 Å². The Bertz CT molecular complexity index is 465. The molecule has 1 atom stereocenters. The van der Waals surface area contributed by atoms with Crippen LogP contribution in [0.1, 0.15) is 36.8 Å². The van der Waals surface area contributed by atoms with Crippen molar-refractivity contribution in [2.75, 3.05) is 6.54 Å². The monoisotopic (exact) mass is 221 g/mol. The van der Waals surface area contributed by atoms with Gasteiger partial charge in [-0.05, 0) is 26.3 Å². The zero-order chi connectivity index (χ0) is 10.3. The Morgan fingerprint density at radius 3 is 3.27 bits per heavy atom. The quantitative estimate of drug-likeness (QED) is 0.801. The number of imidazole rings is 1. The summed E-state index contributed by atoms with van der Waals surface area (Å²) in [5.74, 6) is 1.11. The highest BCUT2D eigenvalue weighted by Crippen LogP contribution is 2.28. The summed E-state index contributed by atoms with van der Waals surface area (Å²) >= 11 is 1.79. The van der Waals surface area contributed by atoms with Gasteiger partial charge in [0, 0.05) is 11.6 Å². The molecule has 3 nitrogen and oxygen atoms in total. The molecule has 80 valence electrons. The predicted octanol–water partition coefficient (Wildman–Crippen LogP) is 2.52. The van der Waals surface area contributed by atoms with Gasteiger partial charge in [-0.3, -0.25) is 4.40 Å². The van der Waals surface area contributed by atoms with Crippen molar-refractivity contribution in [2.24, 2.45) is 0 Å². The van der Waals surface area contributed by atoms with Gasteiger partial charge < -0.3 is 5.32 Å². The Morgan fingerprint density at radius 1 is 1.53 bits per heavy atom. The molecule has 0 aromatic carbocycles. The molecule has 1 saturated heterocycles. The summed E-state index contributed by atoms with van der Waals surface area (Å²) in [4.78, 5) is 6.00. The second kappa shape index (κ2) is 3.61. The first-order chi connectivity index (χ1) is 7.36. The van der Waals surface area contributed by atoms with Crippen LogP contribution in [0, 0.1) is 6.92 Å². The van der Waals surface area contributed by atoms with Gasteiger partial charge in [0.2, 0.25) is 0 Å². The van der Waals surface area contributed by atoms with Crippen LogP contribution in [0.5, 0.6) is 0 Å². The molecule has 0 amide bonds. The van der Waals surface area contributed by atoms with Crippen molar-refractivity contribution in [1.29, 1.82) is 0 Å². The molecule has 0 saturated carbocycles. The third-order valence-corrected chi connectivity index (χ3v) is 3.99. The highest BCUT2D eigenvalue weighted by atomic mass is 32.1. The minimum atomic E-state index is 0.473. The van der Waals surface area contributed by atoms with Gasteiger partial charge in [-0.1, -0.05) is 6.42 Å². The molecule has 1 aliphatic rings. The minimum Gasteiger partial charge on any atom is -0.309 e. The van der Waals surface area contributed by atoms with Gasteiger partial charge in [-0.2, -0.15) is 0 Å². The molecule has 1 N–H and O–H groups in total. The van der Waals surface area contributed by atoms with Crippen LogP contribution < -0.4 is 5.32 Å². The van der Waals surface area contributed by atoms with E-state index in [2.05, 4.69) is 33.2 Å². The average molecular weight is 221 g/mol. The number of aryl methyl sites for hydroxylation is 1. The topological polar surface area (TPSA) is 29.3 Å². The molecule has 15 heavy (non-hydrogen) atoms. The first-order valence-electron chi connectivity index (χ1n) is 5.51. The largest absolute Gasteiger partial charge is 0.309 e. The molecule has 2 aromatic rings. The third kappa shape index (κ3) is 1.48. The summed E-state index contributed by atoms with van der Waals surface area (Å²) in [6, 6.07) is 0.473. The number of hydrogen-bond donors (Lipinski definition) is 1. The van der Waals surface area contributed by atoms with E-state index in [0.29, 0.717) is 6.04 Å². The van der Waals surface area contributed by atoms with Crippen LogP contribution in [0.2, 0.25) is 0 Å². The molecule has 2 aromatic heterocycles. The highest BCUT2D eigenvalue weighted by molar-refractivity contribution is 7.15. The molecule has 3 rings (SSSR count). The lowest BCUT2D eigenvalue weighted by atomic mass is 10.0. The Balaban J connectivity index is 2.05. The maximum Gasteiger partial charge on any atom is 0.124 e. The number of piperidine rings is 1. The molecule has 0 unspecified atom stereocenters. The number of aromatic nitrogens is 2. The first kappa shape index (κ1) is 9.36. The molecule has 4 heteroatoms. The van der Waals surface area contributed by atoms with Crippen LogP contribution in [0.15, 0.2) is 11.6 Å². The smallest absolute Gasteiger partial charge is 0.124 e. The second-order valence-electron chi connectivity index (χ2n) is 4.12. The lowest BCUT2D eigenvalue weighted by molar-refractivity contribution is 0.408. The highest BCUT2D eigenvalue weighted by Gasteiger charge is 2.21. The van der Waals surface area contributed by atoms with E-state index in [1.54, 1.807) is 11.3 Å². The molecule has 0 bridgehead atoms. The van der Waals surface area contributed by atoms with Crippen molar-refractivity contribution in [1.82, 2.24) is 14.7 Å². The average Bonchev–Trinajstić information content (AvgIpc) is 2.84. The number of thiazole rings is 1. The van der Waals surface area contributed by atoms with Crippen LogP contribution in [0.25, 0.3) is 4.83 Å². The maximum absolute atomic E-state index is 4.68. The zero-order valence-corrected chi connectivity index (χ0v) is 9.68. The third-order valence-electron chi connectivity index (χ3n) is 3.10. The molecular formula is C11H15N3S. The van der Waals surface area contributed by atoms with E-state index in [9.17, 15) is 0 Å². The van der Waals surface area contributed by atoms with Crippen LogP contribution in [0.4, 0.5) is 0 Å². The summed E-state index contributed by atoms with van der Waals surface area (Å²) in [6.07, 6.45) is 5.96. The van der Waals surface area contributed by atoms with E-state index < -0.39 is 0 Å². The van der Waals surface area contributed by atoms with Crippen molar-refractivity contribution in [3.63, 3.8) is 0 Å². The van der Waals surface area contributed by atoms with Crippen molar-refractivity contribution in [2.45, 2.75) is 32.2 Å². The number of nitrogens with zero attached hydrogens (tertiary/aromatic N) is 2. The molecular weight excluding hydrogens is 206 g/mol. The molecule has 3 heterocycles. The van der Waals surface area contributed by atoms with Crippen molar-refractivity contribution in [3.8, 4) is 0 Å². The minimum absolute atomic E-state index is 0.473. The fourth-order valence-corrected chi connectivity index (χ4v) is 3.23. The van der Waals surface area contributed by atoms with Crippen LogP contribution in [0.3, 0.4) is 0 Å². The summed E-state index contributed by atoms with van der Waals surface area (Å²) in [7, 11) is 0. The molecule has 0 radical (unpaired) electrons. The second-order valence-corrected chi connectivity index (χ2v) is 5.02. The van der Waals surface area contributed by atoms with Gasteiger partial charge in [0.1, 0.15) is 10.7 Å².